The summed E-state index contributed by atoms with van der Waals surface area (Å²) in [7, 11) is 1.47. The summed E-state index contributed by atoms with van der Waals surface area (Å²) in [6.07, 6.45) is -0.557. The van der Waals surface area contributed by atoms with Crippen LogP contribution in [0.4, 0.5) is 8.78 Å². The number of benzene rings is 2. The summed E-state index contributed by atoms with van der Waals surface area (Å²) < 4.78 is 39.5. The van der Waals surface area contributed by atoms with Gasteiger partial charge in [-0.1, -0.05) is 42.5 Å². The lowest BCUT2D eigenvalue weighted by Crippen LogP contribution is -2.32. The minimum Gasteiger partial charge on any atom is -0.478 e. The molecule has 0 amide bonds. The Hall–Kier alpha value is -3.52. The van der Waals surface area contributed by atoms with Gasteiger partial charge < -0.3 is 19.9 Å². The van der Waals surface area contributed by atoms with Gasteiger partial charge in [0.05, 0.1) is 17.1 Å². The number of ether oxygens (including phenoxy) is 2. The van der Waals surface area contributed by atoms with Gasteiger partial charge in [-0.15, -0.1) is 0 Å². The number of esters is 1. The van der Waals surface area contributed by atoms with Gasteiger partial charge in [0.1, 0.15) is 12.7 Å². The lowest BCUT2D eigenvalue weighted by molar-refractivity contribution is -0.143. The first-order chi connectivity index (χ1) is 15.3. The molecule has 2 atom stereocenters. The van der Waals surface area contributed by atoms with E-state index in [2.05, 4.69) is 5.32 Å². The Kier molecular flexibility index (Phi) is 7.05. The molecule has 0 radical (unpaired) electrons. The summed E-state index contributed by atoms with van der Waals surface area (Å²) in [4.78, 5) is 25.1. The van der Waals surface area contributed by atoms with E-state index in [0.717, 1.165) is 11.6 Å². The molecule has 0 bridgehead atoms. The van der Waals surface area contributed by atoms with Crippen molar-refractivity contribution in [3.05, 3.63) is 93.8 Å². The molecule has 6 nitrogen and oxygen atoms in total. The number of allylic oxidation sites excluding steroid dienone is 2. The third-order valence-electron chi connectivity index (χ3n) is 5.32. The van der Waals surface area contributed by atoms with Crippen LogP contribution in [-0.4, -0.2) is 30.8 Å². The van der Waals surface area contributed by atoms with Crippen LogP contribution >= 0.6 is 0 Å². The molecular formula is C24H23F2NO5. The molecule has 32 heavy (non-hydrogen) atoms. The van der Waals surface area contributed by atoms with Crippen molar-refractivity contribution >= 4 is 11.9 Å². The SMILES string of the molecule is CO[C@@H](COC(=O)C1=C(C)NC(C)=C(C(=O)O)C1c1cccc(F)c1F)c1ccccc1. The van der Waals surface area contributed by atoms with Gasteiger partial charge >= 0.3 is 11.9 Å². The van der Waals surface area contributed by atoms with Gasteiger partial charge in [0, 0.05) is 24.1 Å². The molecule has 2 aromatic carbocycles. The molecule has 1 aliphatic heterocycles. The normalized spacial score (nSPS) is 17.1. The first-order valence-electron chi connectivity index (χ1n) is 9.86. The van der Waals surface area contributed by atoms with Crippen molar-refractivity contribution in [3.8, 4) is 0 Å². The van der Waals surface area contributed by atoms with Crippen molar-refractivity contribution in [1.29, 1.82) is 0 Å². The van der Waals surface area contributed by atoms with Crippen LogP contribution in [-0.2, 0) is 19.1 Å². The van der Waals surface area contributed by atoms with Crippen molar-refractivity contribution in [2.75, 3.05) is 13.7 Å². The van der Waals surface area contributed by atoms with Crippen molar-refractivity contribution in [3.63, 3.8) is 0 Å². The van der Waals surface area contributed by atoms with Gasteiger partial charge in [0.2, 0.25) is 0 Å². The lowest BCUT2D eigenvalue weighted by Gasteiger charge is -2.30. The molecule has 2 aromatic rings. The first kappa shape index (κ1) is 23.1. The second-order valence-electron chi connectivity index (χ2n) is 7.32. The highest BCUT2D eigenvalue weighted by molar-refractivity contribution is 5.99. The Balaban J connectivity index is 1.98. The van der Waals surface area contributed by atoms with Crippen LogP contribution in [0.15, 0.2) is 71.1 Å². The van der Waals surface area contributed by atoms with E-state index in [1.54, 1.807) is 6.92 Å². The summed E-state index contributed by atoms with van der Waals surface area (Å²) in [5.41, 5.74) is 0.656. The predicted molar refractivity (Wildman–Crippen MR) is 112 cm³/mol. The average molecular weight is 443 g/mol. The lowest BCUT2D eigenvalue weighted by atomic mass is 9.80. The zero-order valence-corrected chi connectivity index (χ0v) is 17.8. The van der Waals surface area contributed by atoms with Crippen molar-refractivity contribution < 1.29 is 33.0 Å². The highest BCUT2D eigenvalue weighted by atomic mass is 19.2. The van der Waals surface area contributed by atoms with Crippen LogP contribution in [0.5, 0.6) is 0 Å². The number of hydrogen-bond donors (Lipinski definition) is 2. The molecule has 1 aliphatic rings. The minimum atomic E-state index is -1.36. The largest absolute Gasteiger partial charge is 0.478 e. The summed E-state index contributed by atoms with van der Waals surface area (Å²) in [5.74, 6) is -5.93. The summed E-state index contributed by atoms with van der Waals surface area (Å²) in [5, 5.41) is 12.6. The molecule has 168 valence electrons. The van der Waals surface area contributed by atoms with Gasteiger partial charge in [-0.2, -0.15) is 0 Å². The number of halogens is 2. The Morgan fingerprint density at radius 1 is 1.03 bits per heavy atom. The van der Waals surface area contributed by atoms with Gasteiger partial charge in [-0.3, -0.25) is 0 Å². The molecule has 0 fully saturated rings. The number of carboxylic acid groups (broad SMARTS) is 1. The zero-order valence-electron chi connectivity index (χ0n) is 17.8. The Labute approximate surface area is 184 Å². The molecule has 0 spiro atoms. The van der Waals surface area contributed by atoms with E-state index in [1.165, 1.54) is 26.2 Å². The fourth-order valence-corrected chi connectivity index (χ4v) is 3.80. The number of aliphatic carboxylic acids is 1. The number of carbonyl (C=O) groups is 2. The summed E-state index contributed by atoms with van der Waals surface area (Å²) in [6.45, 7) is 2.89. The summed E-state index contributed by atoms with van der Waals surface area (Å²) in [6, 6.07) is 12.5. The summed E-state index contributed by atoms with van der Waals surface area (Å²) >= 11 is 0. The van der Waals surface area contributed by atoms with Crippen molar-refractivity contribution in [2.45, 2.75) is 25.9 Å². The maximum absolute atomic E-state index is 14.7. The van der Waals surface area contributed by atoms with E-state index in [9.17, 15) is 23.5 Å². The van der Waals surface area contributed by atoms with Gasteiger partial charge in [0.15, 0.2) is 11.6 Å². The van der Waals surface area contributed by atoms with Crippen LogP contribution in [0, 0.1) is 11.6 Å². The Morgan fingerprint density at radius 3 is 2.31 bits per heavy atom. The van der Waals surface area contributed by atoms with Gasteiger partial charge in [-0.25, -0.2) is 18.4 Å². The highest BCUT2D eigenvalue weighted by Gasteiger charge is 2.39. The monoisotopic (exact) mass is 443 g/mol. The zero-order chi connectivity index (χ0) is 23.4. The maximum atomic E-state index is 14.7. The maximum Gasteiger partial charge on any atom is 0.336 e. The fraction of sp³-hybridized carbons (Fsp3) is 0.250. The molecule has 1 heterocycles. The van der Waals surface area contributed by atoms with E-state index in [-0.39, 0.29) is 29.0 Å². The number of dihydropyridines is 1. The fourth-order valence-electron chi connectivity index (χ4n) is 3.80. The highest BCUT2D eigenvalue weighted by Crippen LogP contribution is 2.40. The van der Waals surface area contributed by atoms with Crippen LogP contribution in [0.2, 0.25) is 0 Å². The topological polar surface area (TPSA) is 84.9 Å². The van der Waals surface area contributed by atoms with E-state index in [0.29, 0.717) is 5.70 Å². The molecule has 0 saturated carbocycles. The molecular weight excluding hydrogens is 420 g/mol. The standard InChI is InChI=1S/C24H23F2NO5/c1-13-19(23(28)29)21(16-10-7-11-17(25)22(16)26)20(14(2)27-13)24(30)32-12-18(31-3)15-8-5-4-6-9-15/h4-11,18,21,27H,12H2,1-3H3,(H,28,29)/t18-,21?/m0/s1. The first-order valence-corrected chi connectivity index (χ1v) is 9.86. The molecule has 0 aliphatic carbocycles. The van der Waals surface area contributed by atoms with Crippen molar-refractivity contribution in [2.24, 2.45) is 0 Å². The number of carboxylic acids is 1. The minimum absolute atomic E-state index is 0.111. The second-order valence-corrected chi connectivity index (χ2v) is 7.32. The number of methoxy groups -OCH3 is 1. The third-order valence-corrected chi connectivity index (χ3v) is 5.32. The van der Waals surface area contributed by atoms with E-state index in [4.69, 9.17) is 9.47 Å². The number of rotatable bonds is 7. The number of hydrogen-bond acceptors (Lipinski definition) is 5. The van der Waals surface area contributed by atoms with Crippen molar-refractivity contribution in [1.82, 2.24) is 5.32 Å². The number of nitrogens with one attached hydrogen (secondary N) is 1. The second kappa shape index (κ2) is 9.74. The van der Waals surface area contributed by atoms with Crippen LogP contribution in [0.3, 0.4) is 0 Å². The Morgan fingerprint density at radius 2 is 1.69 bits per heavy atom. The third kappa shape index (κ3) is 4.55. The predicted octanol–water partition coefficient (Wildman–Crippen LogP) is 4.22. The molecule has 8 heteroatoms. The van der Waals surface area contributed by atoms with Crippen LogP contribution < -0.4 is 5.32 Å². The Bertz CT molecular complexity index is 1090. The van der Waals surface area contributed by atoms with Gasteiger partial charge in [0.25, 0.3) is 0 Å². The molecule has 0 saturated heterocycles. The molecule has 0 aromatic heterocycles. The molecule has 3 rings (SSSR count). The van der Waals surface area contributed by atoms with Crippen LogP contribution in [0.25, 0.3) is 0 Å². The van der Waals surface area contributed by atoms with Crippen LogP contribution in [0.1, 0.15) is 37.0 Å². The average Bonchev–Trinajstić information content (AvgIpc) is 2.76. The van der Waals surface area contributed by atoms with E-state index < -0.39 is 35.6 Å². The quantitative estimate of drug-likeness (QED) is 0.624. The van der Waals surface area contributed by atoms with E-state index >= 15 is 0 Å². The van der Waals surface area contributed by atoms with Gasteiger partial charge in [-0.05, 0) is 25.5 Å². The van der Waals surface area contributed by atoms with E-state index in [1.807, 2.05) is 30.3 Å². The molecule has 1 unspecified atom stereocenters. The molecule has 2 N–H and O–H groups in total. The number of carbonyl (C=O) groups excluding carboxylic acids is 1. The smallest absolute Gasteiger partial charge is 0.336 e.